The van der Waals surface area contributed by atoms with Crippen LogP contribution >= 0.6 is 23.2 Å². The highest BCUT2D eigenvalue weighted by Crippen LogP contribution is 2.31. The van der Waals surface area contributed by atoms with Crippen molar-refractivity contribution in [3.63, 3.8) is 0 Å². The van der Waals surface area contributed by atoms with Crippen LogP contribution in [-0.2, 0) is 6.18 Å². The molecule has 0 fully saturated rings. The normalized spacial score (nSPS) is 11.9. The second-order valence-corrected chi connectivity index (χ2v) is 4.92. The van der Waals surface area contributed by atoms with Crippen molar-refractivity contribution in [2.24, 2.45) is 5.10 Å². The number of anilines is 1. The van der Waals surface area contributed by atoms with Crippen molar-refractivity contribution in [2.75, 3.05) is 5.43 Å². The van der Waals surface area contributed by atoms with Gasteiger partial charge >= 0.3 is 6.18 Å². The van der Waals surface area contributed by atoms with Gasteiger partial charge in [0.2, 0.25) is 0 Å². The molecule has 0 amide bonds. The standard InChI is InChI=1S/C14H9Cl2F3N2/c15-10-5-6-13(12(16)7-10)21-20-8-9-3-1-2-4-11(9)14(17,18)19/h1-8,21H. The highest BCUT2D eigenvalue weighted by Gasteiger charge is 2.32. The lowest BCUT2D eigenvalue weighted by atomic mass is 10.1. The lowest BCUT2D eigenvalue weighted by Gasteiger charge is -2.09. The number of benzene rings is 2. The van der Waals surface area contributed by atoms with E-state index in [1.807, 2.05) is 0 Å². The molecule has 21 heavy (non-hydrogen) atoms. The molecule has 0 aliphatic rings. The Morgan fingerprint density at radius 2 is 1.76 bits per heavy atom. The summed E-state index contributed by atoms with van der Waals surface area (Å²) in [5.41, 5.74) is 2.23. The van der Waals surface area contributed by atoms with E-state index in [0.717, 1.165) is 12.3 Å². The van der Waals surface area contributed by atoms with Crippen molar-refractivity contribution in [1.82, 2.24) is 0 Å². The Balaban J connectivity index is 2.19. The van der Waals surface area contributed by atoms with E-state index in [1.165, 1.54) is 24.3 Å². The molecule has 1 N–H and O–H groups in total. The summed E-state index contributed by atoms with van der Waals surface area (Å²) in [4.78, 5) is 0. The van der Waals surface area contributed by atoms with E-state index in [0.29, 0.717) is 15.7 Å². The molecular weight excluding hydrogens is 324 g/mol. The van der Waals surface area contributed by atoms with Gasteiger partial charge in [-0.2, -0.15) is 18.3 Å². The molecule has 0 aliphatic heterocycles. The molecule has 0 atom stereocenters. The first-order chi connectivity index (χ1) is 9.88. The van der Waals surface area contributed by atoms with E-state index >= 15 is 0 Å². The first kappa shape index (κ1) is 15.7. The van der Waals surface area contributed by atoms with Crippen LogP contribution in [0.15, 0.2) is 47.6 Å². The highest BCUT2D eigenvalue weighted by molar-refractivity contribution is 6.36. The summed E-state index contributed by atoms with van der Waals surface area (Å²) < 4.78 is 38.4. The smallest absolute Gasteiger partial charge is 0.277 e. The van der Waals surface area contributed by atoms with Crippen molar-refractivity contribution in [2.45, 2.75) is 6.18 Å². The second-order valence-electron chi connectivity index (χ2n) is 4.08. The van der Waals surface area contributed by atoms with Crippen LogP contribution in [0.4, 0.5) is 18.9 Å². The molecule has 0 unspecified atom stereocenters. The summed E-state index contributed by atoms with van der Waals surface area (Å²) in [7, 11) is 0. The minimum Gasteiger partial charge on any atom is -0.277 e. The minimum absolute atomic E-state index is 0.0393. The molecule has 2 nitrogen and oxygen atoms in total. The molecule has 0 spiro atoms. The van der Waals surface area contributed by atoms with E-state index in [9.17, 15) is 13.2 Å². The van der Waals surface area contributed by atoms with Gasteiger partial charge in [0.25, 0.3) is 0 Å². The van der Waals surface area contributed by atoms with E-state index in [2.05, 4.69) is 10.5 Å². The van der Waals surface area contributed by atoms with Gasteiger partial charge < -0.3 is 0 Å². The zero-order chi connectivity index (χ0) is 15.5. The maximum absolute atomic E-state index is 12.8. The maximum atomic E-state index is 12.8. The Labute approximate surface area is 129 Å². The Morgan fingerprint density at radius 3 is 2.43 bits per heavy atom. The third kappa shape index (κ3) is 4.12. The van der Waals surface area contributed by atoms with Crippen LogP contribution < -0.4 is 5.43 Å². The van der Waals surface area contributed by atoms with Crippen molar-refractivity contribution in [1.29, 1.82) is 0 Å². The topological polar surface area (TPSA) is 24.4 Å². The molecule has 2 aromatic carbocycles. The van der Waals surface area contributed by atoms with E-state index in [4.69, 9.17) is 23.2 Å². The summed E-state index contributed by atoms with van der Waals surface area (Å²) in [5, 5.41) is 4.55. The fourth-order valence-electron chi connectivity index (χ4n) is 1.62. The number of rotatable bonds is 3. The lowest BCUT2D eigenvalue weighted by Crippen LogP contribution is -2.08. The van der Waals surface area contributed by atoms with E-state index in [-0.39, 0.29) is 5.56 Å². The van der Waals surface area contributed by atoms with Crippen LogP contribution in [-0.4, -0.2) is 6.21 Å². The first-order valence-electron chi connectivity index (χ1n) is 5.78. The molecule has 0 heterocycles. The average Bonchev–Trinajstić information content (AvgIpc) is 2.41. The molecule has 0 radical (unpaired) electrons. The Bertz CT molecular complexity index is 670. The number of nitrogens with one attached hydrogen (secondary N) is 1. The minimum atomic E-state index is -4.43. The number of halogens is 5. The Morgan fingerprint density at radius 1 is 1.05 bits per heavy atom. The molecule has 0 saturated carbocycles. The van der Waals surface area contributed by atoms with Gasteiger partial charge in [-0.3, -0.25) is 5.43 Å². The fraction of sp³-hybridized carbons (Fsp3) is 0.0714. The molecule has 2 rings (SSSR count). The number of alkyl halides is 3. The van der Waals surface area contributed by atoms with Gasteiger partial charge in [-0.25, -0.2) is 0 Å². The molecule has 2 aromatic rings. The quantitative estimate of drug-likeness (QED) is 0.585. The van der Waals surface area contributed by atoms with Crippen molar-refractivity contribution >= 4 is 35.1 Å². The van der Waals surface area contributed by atoms with Gasteiger partial charge in [0.05, 0.1) is 22.5 Å². The van der Waals surface area contributed by atoms with Crippen LogP contribution in [0.3, 0.4) is 0 Å². The largest absolute Gasteiger partial charge is 0.417 e. The number of nitrogens with zero attached hydrogens (tertiary/aromatic N) is 1. The van der Waals surface area contributed by atoms with E-state index < -0.39 is 11.7 Å². The molecule has 7 heteroatoms. The summed E-state index contributed by atoms with van der Waals surface area (Å²) in [6.07, 6.45) is -3.34. The summed E-state index contributed by atoms with van der Waals surface area (Å²) in [6.45, 7) is 0. The fourth-order valence-corrected chi connectivity index (χ4v) is 2.07. The molecule has 0 bridgehead atoms. The zero-order valence-electron chi connectivity index (χ0n) is 10.5. The Kier molecular flexibility index (Phi) is 4.75. The van der Waals surface area contributed by atoms with Crippen molar-refractivity contribution in [3.8, 4) is 0 Å². The highest BCUT2D eigenvalue weighted by atomic mass is 35.5. The van der Waals surface area contributed by atoms with Crippen LogP contribution in [0.5, 0.6) is 0 Å². The predicted molar refractivity (Wildman–Crippen MR) is 79.1 cm³/mol. The van der Waals surface area contributed by atoms with Gasteiger partial charge in [-0.15, -0.1) is 0 Å². The number of hydrogen-bond donors (Lipinski definition) is 1. The summed E-state index contributed by atoms with van der Waals surface area (Å²) >= 11 is 11.7. The number of hydrazone groups is 1. The SMILES string of the molecule is FC(F)(F)c1ccccc1C=NNc1ccc(Cl)cc1Cl. The van der Waals surface area contributed by atoms with Gasteiger partial charge in [-0.05, 0) is 24.3 Å². The Hall–Kier alpha value is -1.72. The number of hydrogen-bond acceptors (Lipinski definition) is 2. The third-order valence-corrected chi connectivity index (χ3v) is 3.13. The first-order valence-corrected chi connectivity index (χ1v) is 6.54. The third-order valence-electron chi connectivity index (χ3n) is 2.59. The summed E-state index contributed by atoms with van der Waals surface area (Å²) in [5.74, 6) is 0. The summed E-state index contributed by atoms with van der Waals surface area (Å²) in [6, 6.07) is 9.83. The zero-order valence-corrected chi connectivity index (χ0v) is 12.0. The average molecular weight is 333 g/mol. The molecule has 0 aromatic heterocycles. The van der Waals surface area contributed by atoms with Crippen molar-refractivity contribution in [3.05, 3.63) is 63.6 Å². The van der Waals surface area contributed by atoms with Gasteiger partial charge in [0.1, 0.15) is 0 Å². The van der Waals surface area contributed by atoms with Crippen LogP contribution in [0, 0.1) is 0 Å². The van der Waals surface area contributed by atoms with Crippen LogP contribution in [0.1, 0.15) is 11.1 Å². The maximum Gasteiger partial charge on any atom is 0.417 e. The van der Waals surface area contributed by atoms with Gasteiger partial charge in [0, 0.05) is 10.6 Å². The van der Waals surface area contributed by atoms with Crippen LogP contribution in [0.2, 0.25) is 10.0 Å². The van der Waals surface area contributed by atoms with Gasteiger partial charge in [0.15, 0.2) is 0 Å². The van der Waals surface area contributed by atoms with Crippen molar-refractivity contribution < 1.29 is 13.2 Å². The van der Waals surface area contributed by atoms with Gasteiger partial charge in [-0.1, -0.05) is 41.4 Å². The molecular formula is C14H9Cl2F3N2. The molecule has 0 saturated heterocycles. The lowest BCUT2D eigenvalue weighted by molar-refractivity contribution is -0.137. The monoisotopic (exact) mass is 332 g/mol. The van der Waals surface area contributed by atoms with E-state index in [1.54, 1.807) is 12.1 Å². The molecule has 110 valence electrons. The molecule has 0 aliphatic carbocycles. The van der Waals surface area contributed by atoms with Crippen LogP contribution in [0.25, 0.3) is 0 Å². The predicted octanol–water partition coefficient (Wildman–Crippen LogP) is 5.46. The second kappa shape index (κ2) is 6.37.